The Kier molecular flexibility index (Phi) is 6.81. The highest BCUT2D eigenvalue weighted by Crippen LogP contribution is 2.22. The Morgan fingerprint density at radius 2 is 1.77 bits per heavy atom. The van der Waals surface area contributed by atoms with Crippen molar-refractivity contribution < 1.29 is 39.5 Å². The summed E-state index contributed by atoms with van der Waals surface area (Å²) >= 11 is 0. The second kappa shape index (κ2) is 8.67. The lowest BCUT2D eigenvalue weighted by Gasteiger charge is -2.38. The first-order chi connectivity index (χ1) is 12.3. The maximum atomic E-state index is 12.5. The molecule has 9 nitrogen and oxygen atoms in total. The van der Waals surface area contributed by atoms with Gasteiger partial charge in [0.2, 0.25) is 0 Å². The van der Waals surface area contributed by atoms with Crippen LogP contribution in [0.3, 0.4) is 0 Å². The zero-order valence-electron chi connectivity index (χ0n) is 14.4. The molecule has 144 valence electrons. The van der Waals surface area contributed by atoms with Crippen molar-refractivity contribution in [3.05, 3.63) is 35.4 Å². The molecule has 1 fully saturated rings. The van der Waals surface area contributed by atoms with Crippen molar-refractivity contribution in [2.45, 2.75) is 43.7 Å². The lowest BCUT2D eigenvalue weighted by molar-refractivity contribution is -0.294. The van der Waals surface area contributed by atoms with Crippen molar-refractivity contribution in [1.82, 2.24) is 5.32 Å². The predicted octanol–water partition coefficient (Wildman–Crippen LogP) is -1.33. The molecule has 0 amide bonds. The van der Waals surface area contributed by atoms with E-state index in [1.165, 1.54) is 0 Å². The molecule has 0 bridgehead atoms. The standard InChI is InChI=1S/C17H23NO8/c1-8-3-5-9(6-4-8)11(19)10(18-2)7-25-17-14(22)12(20)13(21)15(26-17)16(23)24/h3-6,10,12-15,17-18,20-22H,7H2,1-2H3,(H,23,24)/t10?,12-,13-,14+,15-,17+/m0/s1. The first-order valence-corrected chi connectivity index (χ1v) is 8.08. The van der Waals surface area contributed by atoms with Crippen LogP contribution in [0.25, 0.3) is 0 Å². The number of aliphatic hydroxyl groups is 3. The Balaban J connectivity index is 2.03. The molecule has 26 heavy (non-hydrogen) atoms. The van der Waals surface area contributed by atoms with E-state index in [4.69, 9.17) is 14.6 Å². The fourth-order valence-corrected chi connectivity index (χ4v) is 2.59. The van der Waals surface area contributed by atoms with Crippen LogP contribution in [0.15, 0.2) is 24.3 Å². The third-order valence-corrected chi connectivity index (χ3v) is 4.24. The smallest absolute Gasteiger partial charge is 0.335 e. The van der Waals surface area contributed by atoms with E-state index in [1.54, 1.807) is 31.3 Å². The number of carbonyl (C=O) groups is 2. The van der Waals surface area contributed by atoms with Crippen molar-refractivity contribution in [3.8, 4) is 0 Å². The van der Waals surface area contributed by atoms with Gasteiger partial charge in [-0.25, -0.2) is 4.79 Å². The lowest BCUT2D eigenvalue weighted by atomic mass is 9.99. The third-order valence-electron chi connectivity index (χ3n) is 4.24. The molecule has 9 heteroatoms. The van der Waals surface area contributed by atoms with E-state index in [1.807, 2.05) is 6.92 Å². The molecule has 0 aliphatic carbocycles. The summed E-state index contributed by atoms with van der Waals surface area (Å²) in [4.78, 5) is 23.6. The number of aliphatic hydroxyl groups excluding tert-OH is 3. The number of rotatable bonds is 7. The molecule has 6 atom stereocenters. The van der Waals surface area contributed by atoms with Gasteiger partial charge in [-0.15, -0.1) is 0 Å². The van der Waals surface area contributed by atoms with Crippen LogP contribution in [0.4, 0.5) is 0 Å². The number of nitrogens with one attached hydrogen (secondary N) is 1. The van der Waals surface area contributed by atoms with Crippen LogP contribution < -0.4 is 5.32 Å². The number of hydrogen-bond acceptors (Lipinski definition) is 8. The molecule has 1 heterocycles. The molecule has 1 aliphatic rings. The number of ketones is 1. The largest absolute Gasteiger partial charge is 0.479 e. The summed E-state index contributed by atoms with van der Waals surface area (Å²) in [7, 11) is 1.55. The molecule has 0 aromatic heterocycles. The number of likely N-dealkylation sites (N-methyl/N-ethyl adjacent to an activating group) is 1. The monoisotopic (exact) mass is 369 g/mol. The first-order valence-electron chi connectivity index (χ1n) is 8.08. The fraction of sp³-hybridized carbons (Fsp3) is 0.529. The summed E-state index contributed by atoms with van der Waals surface area (Å²) in [5, 5.41) is 41.1. The van der Waals surface area contributed by atoms with E-state index in [2.05, 4.69) is 5.32 Å². The molecule has 1 unspecified atom stereocenters. The number of ether oxygens (including phenoxy) is 2. The van der Waals surface area contributed by atoms with Crippen molar-refractivity contribution in [2.24, 2.45) is 0 Å². The van der Waals surface area contributed by atoms with Crippen molar-refractivity contribution in [2.75, 3.05) is 13.7 Å². The number of Topliss-reactive ketones (excluding diaryl/α,β-unsaturated/α-hetero) is 1. The number of aryl methyl sites for hydroxylation is 1. The normalized spacial score (nSPS) is 30.0. The molecule has 0 saturated carbocycles. The highest BCUT2D eigenvalue weighted by molar-refractivity contribution is 6.00. The van der Waals surface area contributed by atoms with Gasteiger partial charge in [-0.2, -0.15) is 0 Å². The average molecular weight is 369 g/mol. The zero-order valence-corrected chi connectivity index (χ0v) is 14.4. The molecule has 1 aliphatic heterocycles. The predicted molar refractivity (Wildman–Crippen MR) is 88.6 cm³/mol. The van der Waals surface area contributed by atoms with Gasteiger partial charge in [0.15, 0.2) is 18.2 Å². The topological polar surface area (TPSA) is 146 Å². The van der Waals surface area contributed by atoms with Crippen LogP contribution in [-0.2, 0) is 14.3 Å². The minimum atomic E-state index is -1.79. The summed E-state index contributed by atoms with van der Waals surface area (Å²) < 4.78 is 10.3. The number of aliphatic carboxylic acids is 1. The number of hydrogen-bond donors (Lipinski definition) is 5. The van der Waals surface area contributed by atoms with Gasteiger partial charge >= 0.3 is 5.97 Å². The number of carbonyl (C=O) groups excluding carboxylic acids is 1. The summed E-state index contributed by atoms with van der Waals surface area (Å²) in [5.74, 6) is -1.76. The van der Waals surface area contributed by atoms with Crippen LogP contribution in [0, 0.1) is 6.92 Å². The van der Waals surface area contributed by atoms with E-state index in [0.717, 1.165) is 5.56 Å². The van der Waals surface area contributed by atoms with Crippen molar-refractivity contribution in [3.63, 3.8) is 0 Å². The van der Waals surface area contributed by atoms with Gasteiger partial charge in [0.25, 0.3) is 0 Å². The molecular formula is C17H23NO8. The van der Waals surface area contributed by atoms with Gasteiger partial charge in [0, 0.05) is 5.56 Å². The summed E-state index contributed by atoms with van der Waals surface area (Å²) in [5.41, 5.74) is 1.47. The fourth-order valence-electron chi connectivity index (χ4n) is 2.59. The van der Waals surface area contributed by atoms with Crippen LogP contribution in [0.5, 0.6) is 0 Å². The lowest BCUT2D eigenvalue weighted by Crippen LogP contribution is -2.60. The average Bonchev–Trinajstić information content (AvgIpc) is 2.62. The Labute approximate surface area is 150 Å². The summed E-state index contributed by atoms with van der Waals surface area (Å²) in [6.07, 6.45) is -8.46. The van der Waals surface area contributed by atoms with Gasteiger partial charge < -0.3 is 35.2 Å². The first kappa shape index (κ1) is 20.4. The minimum Gasteiger partial charge on any atom is -0.479 e. The second-order valence-corrected chi connectivity index (χ2v) is 6.14. The SMILES string of the molecule is CNC(CO[C@@H]1O[C@H](C(=O)O)[C@@H](O)[C@H](O)[C@H]1O)C(=O)c1ccc(C)cc1. The maximum Gasteiger partial charge on any atom is 0.335 e. The van der Waals surface area contributed by atoms with Crippen LogP contribution in [-0.4, -0.2) is 82.6 Å². The number of carboxylic acids is 1. The Bertz CT molecular complexity index is 634. The molecule has 1 aromatic rings. The molecule has 0 radical (unpaired) electrons. The van der Waals surface area contributed by atoms with E-state index in [0.29, 0.717) is 5.56 Å². The minimum absolute atomic E-state index is 0.236. The third kappa shape index (κ3) is 4.44. The Hall–Kier alpha value is -1.88. The quantitative estimate of drug-likeness (QED) is 0.369. The van der Waals surface area contributed by atoms with E-state index < -0.39 is 42.7 Å². The van der Waals surface area contributed by atoms with Crippen LogP contribution in [0.1, 0.15) is 15.9 Å². The van der Waals surface area contributed by atoms with Gasteiger partial charge in [0.05, 0.1) is 12.6 Å². The van der Waals surface area contributed by atoms with Gasteiger partial charge in [-0.1, -0.05) is 29.8 Å². The highest BCUT2D eigenvalue weighted by atomic mass is 16.7. The second-order valence-electron chi connectivity index (χ2n) is 6.14. The number of benzene rings is 1. The molecule has 0 spiro atoms. The molecular weight excluding hydrogens is 346 g/mol. The molecule has 1 aromatic carbocycles. The van der Waals surface area contributed by atoms with Gasteiger partial charge in [-0.05, 0) is 14.0 Å². The van der Waals surface area contributed by atoms with Crippen LogP contribution >= 0.6 is 0 Å². The van der Waals surface area contributed by atoms with E-state index in [-0.39, 0.29) is 12.4 Å². The van der Waals surface area contributed by atoms with Gasteiger partial charge in [0.1, 0.15) is 18.3 Å². The molecule has 5 N–H and O–H groups in total. The van der Waals surface area contributed by atoms with Crippen LogP contribution in [0.2, 0.25) is 0 Å². The summed E-state index contributed by atoms with van der Waals surface area (Å²) in [6.45, 7) is 1.66. The van der Waals surface area contributed by atoms with E-state index in [9.17, 15) is 24.9 Å². The maximum absolute atomic E-state index is 12.5. The Morgan fingerprint density at radius 3 is 2.31 bits per heavy atom. The summed E-state index contributed by atoms with van der Waals surface area (Å²) in [6, 6.07) is 6.16. The number of carboxylic acid groups (broad SMARTS) is 1. The van der Waals surface area contributed by atoms with Crippen molar-refractivity contribution in [1.29, 1.82) is 0 Å². The van der Waals surface area contributed by atoms with Crippen molar-refractivity contribution >= 4 is 11.8 Å². The highest BCUT2D eigenvalue weighted by Gasteiger charge is 2.47. The molecule has 2 rings (SSSR count). The van der Waals surface area contributed by atoms with Gasteiger partial charge in [-0.3, -0.25) is 4.79 Å². The zero-order chi connectivity index (χ0) is 19.4. The molecule has 1 saturated heterocycles. The van der Waals surface area contributed by atoms with E-state index >= 15 is 0 Å². The Morgan fingerprint density at radius 1 is 1.15 bits per heavy atom.